The number of terminal acetylenes is 1. The average molecular weight is 189 g/mol. The minimum absolute atomic E-state index is 0.378. The quantitative estimate of drug-likeness (QED) is 0.412. The van der Waals surface area contributed by atoms with Gasteiger partial charge < -0.3 is 10.5 Å². The number of esters is 1. The second-order valence-corrected chi connectivity index (χ2v) is 2.87. The lowest BCUT2D eigenvalue weighted by atomic mass is 10.0. The standard InChI is InChI=1S/C11H11NO2/c1-4-8-5-9(11(13)14-3)6-10(12)7(8)2/h1,5-6H,12H2,2-3H3. The van der Waals surface area contributed by atoms with Crippen LogP contribution in [-0.2, 0) is 4.74 Å². The van der Waals surface area contributed by atoms with Crippen LogP contribution in [0.2, 0.25) is 0 Å². The van der Waals surface area contributed by atoms with E-state index in [1.807, 2.05) is 6.92 Å². The molecule has 3 nitrogen and oxygen atoms in total. The molecule has 3 heteroatoms. The summed E-state index contributed by atoms with van der Waals surface area (Å²) in [5, 5.41) is 0. The number of methoxy groups -OCH3 is 1. The molecule has 2 N–H and O–H groups in total. The molecule has 0 aromatic heterocycles. The summed E-state index contributed by atoms with van der Waals surface area (Å²) < 4.78 is 4.57. The maximum atomic E-state index is 11.2. The van der Waals surface area contributed by atoms with Crippen molar-refractivity contribution in [2.24, 2.45) is 0 Å². The van der Waals surface area contributed by atoms with Crippen LogP contribution < -0.4 is 5.73 Å². The zero-order valence-corrected chi connectivity index (χ0v) is 8.13. The number of carbonyl (C=O) groups is 1. The van der Waals surface area contributed by atoms with Crippen molar-refractivity contribution in [2.75, 3.05) is 12.8 Å². The van der Waals surface area contributed by atoms with Gasteiger partial charge in [0.25, 0.3) is 0 Å². The molecule has 0 aliphatic heterocycles. The molecule has 0 bridgehead atoms. The molecule has 1 aromatic rings. The first kappa shape index (κ1) is 10.1. The number of rotatable bonds is 1. The highest BCUT2D eigenvalue weighted by atomic mass is 16.5. The van der Waals surface area contributed by atoms with E-state index in [9.17, 15) is 4.79 Å². The Morgan fingerprint density at radius 2 is 2.21 bits per heavy atom. The van der Waals surface area contributed by atoms with E-state index in [0.29, 0.717) is 16.8 Å². The molecule has 0 fully saturated rings. The summed E-state index contributed by atoms with van der Waals surface area (Å²) in [7, 11) is 1.31. The first-order valence-electron chi connectivity index (χ1n) is 4.05. The summed E-state index contributed by atoms with van der Waals surface area (Å²) in [5.74, 6) is 2.03. The summed E-state index contributed by atoms with van der Waals surface area (Å²) >= 11 is 0. The normalized spacial score (nSPS) is 9.21. The van der Waals surface area contributed by atoms with Crippen LogP contribution >= 0.6 is 0 Å². The molecule has 0 aliphatic rings. The average Bonchev–Trinajstić information content (AvgIpc) is 2.20. The van der Waals surface area contributed by atoms with E-state index in [4.69, 9.17) is 12.2 Å². The van der Waals surface area contributed by atoms with E-state index in [1.165, 1.54) is 7.11 Å². The van der Waals surface area contributed by atoms with Gasteiger partial charge >= 0.3 is 5.97 Å². The molecular formula is C11H11NO2. The fourth-order valence-corrected chi connectivity index (χ4v) is 1.12. The molecule has 0 heterocycles. The van der Waals surface area contributed by atoms with Crippen LogP contribution in [0.4, 0.5) is 5.69 Å². The van der Waals surface area contributed by atoms with Gasteiger partial charge in [-0.15, -0.1) is 6.42 Å². The summed E-state index contributed by atoms with van der Waals surface area (Å²) in [4.78, 5) is 11.2. The third kappa shape index (κ3) is 1.69. The summed E-state index contributed by atoms with van der Waals surface area (Å²) in [6.45, 7) is 1.81. The molecule has 0 radical (unpaired) electrons. The lowest BCUT2D eigenvalue weighted by Gasteiger charge is -2.06. The highest BCUT2D eigenvalue weighted by Crippen LogP contribution is 2.18. The molecule has 0 spiro atoms. The molecule has 0 aliphatic carbocycles. The largest absolute Gasteiger partial charge is 0.465 e. The molecule has 72 valence electrons. The molecule has 1 rings (SSSR count). The van der Waals surface area contributed by atoms with Gasteiger partial charge in [0, 0.05) is 11.3 Å². The SMILES string of the molecule is C#Cc1cc(C(=O)OC)cc(N)c1C. The molecule has 0 atom stereocenters. The van der Waals surface area contributed by atoms with Gasteiger partial charge in [-0.05, 0) is 24.6 Å². The smallest absolute Gasteiger partial charge is 0.337 e. The maximum Gasteiger partial charge on any atom is 0.337 e. The second kappa shape index (κ2) is 3.84. The van der Waals surface area contributed by atoms with Crippen molar-refractivity contribution >= 4 is 11.7 Å². The zero-order valence-electron chi connectivity index (χ0n) is 8.13. The minimum atomic E-state index is -0.437. The number of nitrogen functional groups attached to an aromatic ring is 1. The van der Waals surface area contributed by atoms with E-state index in [-0.39, 0.29) is 0 Å². The van der Waals surface area contributed by atoms with Crippen LogP contribution in [0.25, 0.3) is 0 Å². The predicted octanol–water partition coefficient (Wildman–Crippen LogP) is 1.35. The van der Waals surface area contributed by atoms with Crippen LogP contribution in [0.15, 0.2) is 12.1 Å². The molecule has 0 unspecified atom stereocenters. The van der Waals surface area contributed by atoms with Gasteiger partial charge in [-0.2, -0.15) is 0 Å². The number of anilines is 1. The molecule has 14 heavy (non-hydrogen) atoms. The highest BCUT2D eigenvalue weighted by molar-refractivity contribution is 5.91. The van der Waals surface area contributed by atoms with Gasteiger partial charge in [0.2, 0.25) is 0 Å². The minimum Gasteiger partial charge on any atom is -0.465 e. The van der Waals surface area contributed by atoms with Gasteiger partial charge in [-0.25, -0.2) is 4.79 Å². The Labute approximate surface area is 82.9 Å². The fourth-order valence-electron chi connectivity index (χ4n) is 1.12. The molecular weight excluding hydrogens is 178 g/mol. The number of benzene rings is 1. The maximum absolute atomic E-state index is 11.2. The van der Waals surface area contributed by atoms with Crippen molar-refractivity contribution in [2.45, 2.75) is 6.92 Å². The zero-order chi connectivity index (χ0) is 10.7. The van der Waals surface area contributed by atoms with Gasteiger partial charge in [-0.3, -0.25) is 0 Å². The van der Waals surface area contributed by atoms with E-state index in [1.54, 1.807) is 12.1 Å². The first-order valence-corrected chi connectivity index (χ1v) is 4.05. The van der Waals surface area contributed by atoms with Gasteiger partial charge in [-0.1, -0.05) is 5.92 Å². The summed E-state index contributed by atoms with van der Waals surface area (Å²) in [6, 6.07) is 3.15. The first-order chi connectivity index (χ1) is 6.60. The fraction of sp³-hybridized carbons (Fsp3) is 0.182. The number of nitrogens with two attached hydrogens (primary N) is 1. The lowest BCUT2D eigenvalue weighted by Crippen LogP contribution is -2.04. The van der Waals surface area contributed by atoms with E-state index >= 15 is 0 Å². The van der Waals surface area contributed by atoms with Crippen LogP contribution in [0, 0.1) is 19.3 Å². The molecule has 1 aromatic carbocycles. The van der Waals surface area contributed by atoms with Crippen LogP contribution in [0.3, 0.4) is 0 Å². The summed E-state index contributed by atoms with van der Waals surface area (Å²) in [6.07, 6.45) is 5.27. The number of hydrogen-bond acceptors (Lipinski definition) is 3. The Morgan fingerprint density at radius 1 is 1.57 bits per heavy atom. The topological polar surface area (TPSA) is 52.3 Å². The molecule has 0 saturated carbocycles. The van der Waals surface area contributed by atoms with Crippen LogP contribution in [-0.4, -0.2) is 13.1 Å². The Morgan fingerprint density at radius 3 is 2.71 bits per heavy atom. The van der Waals surface area contributed by atoms with Crippen molar-refractivity contribution in [1.29, 1.82) is 0 Å². The molecule has 0 amide bonds. The van der Waals surface area contributed by atoms with E-state index in [2.05, 4.69) is 10.7 Å². The van der Waals surface area contributed by atoms with Crippen LogP contribution in [0.5, 0.6) is 0 Å². The van der Waals surface area contributed by atoms with Crippen molar-refractivity contribution < 1.29 is 9.53 Å². The van der Waals surface area contributed by atoms with Gasteiger partial charge in [0.1, 0.15) is 0 Å². The van der Waals surface area contributed by atoms with E-state index in [0.717, 1.165) is 5.56 Å². The Kier molecular flexibility index (Phi) is 2.78. The Bertz CT molecular complexity index is 416. The molecule has 0 saturated heterocycles. The van der Waals surface area contributed by atoms with Gasteiger partial charge in [0.15, 0.2) is 0 Å². The summed E-state index contributed by atoms with van der Waals surface area (Å²) in [5.41, 5.74) is 7.99. The number of hydrogen-bond donors (Lipinski definition) is 1. The van der Waals surface area contributed by atoms with Gasteiger partial charge in [0.05, 0.1) is 12.7 Å². The Hall–Kier alpha value is -1.95. The third-order valence-electron chi connectivity index (χ3n) is 2.02. The van der Waals surface area contributed by atoms with Crippen molar-refractivity contribution in [3.63, 3.8) is 0 Å². The third-order valence-corrected chi connectivity index (χ3v) is 2.02. The van der Waals surface area contributed by atoms with Crippen molar-refractivity contribution in [1.82, 2.24) is 0 Å². The monoisotopic (exact) mass is 189 g/mol. The second-order valence-electron chi connectivity index (χ2n) is 2.87. The van der Waals surface area contributed by atoms with E-state index < -0.39 is 5.97 Å². The van der Waals surface area contributed by atoms with Crippen molar-refractivity contribution in [3.05, 3.63) is 28.8 Å². The van der Waals surface area contributed by atoms with Crippen molar-refractivity contribution in [3.8, 4) is 12.3 Å². The number of ether oxygens (including phenoxy) is 1. The highest BCUT2D eigenvalue weighted by Gasteiger charge is 2.09. The van der Waals surface area contributed by atoms with Crippen LogP contribution in [0.1, 0.15) is 21.5 Å². The predicted molar refractivity (Wildman–Crippen MR) is 54.9 cm³/mol. The number of carbonyl (C=O) groups excluding carboxylic acids is 1. The lowest BCUT2D eigenvalue weighted by molar-refractivity contribution is 0.0601. The Balaban J connectivity index is 3.32.